The smallest absolute Gasteiger partial charge is 0.140 e. The van der Waals surface area contributed by atoms with E-state index >= 15 is 0 Å². The van der Waals surface area contributed by atoms with Gasteiger partial charge in [-0.1, -0.05) is 30.3 Å². The molecule has 5 rings (SSSR count). The second-order valence-electron chi connectivity index (χ2n) is 8.10. The molecule has 0 radical (unpaired) electrons. The number of nitrogens with two attached hydrogens (primary N) is 1. The molecule has 0 unspecified atom stereocenters. The normalized spacial score (nSPS) is 11.4. The summed E-state index contributed by atoms with van der Waals surface area (Å²) in [6.45, 7) is 2.93. The summed E-state index contributed by atoms with van der Waals surface area (Å²) in [4.78, 5) is 4.53. The molecule has 3 aromatic heterocycles. The highest BCUT2D eigenvalue weighted by atomic mass is 16.5. The molecule has 3 heterocycles. The van der Waals surface area contributed by atoms with E-state index in [1.165, 1.54) is 5.56 Å². The third-order valence-electron chi connectivity index (χ3n) is 5.82. The van der Waals surface area contributed by atoms with Gasteiger partial charge in [0.1, 0.15) is 18.0 Å². The van der Waals surface area contributed by atoms with Crippen LogP contribution in [0.2, 0.25) is 0 Å². The fourth-order valence-electron chi connectivity index (χ4n) is 4.08. The lowest BCUT2D eigenvalue weighted by Crippen LogP contribution is -2.05. The first-order valence-electron chi connectivity index (χ1n) is 11.3. The molecule has 0 aliphatic heterocycles. The monoisotopic (exact) mass is 456 g/mol. The van der Waals surface area contributed by atoms with Crippen molar-refractivity contribution in [1.82, 2.24) is 19.2 Å². The number of fused-ring (bicyclic) bond motifs is 2. The van der Waals surface area contributed by atoms with Gasteiger partial charge in [0.05, 0.1) is 43.3 Å². The zero-order valence-electron chi connectivity index (χ0n) is 19.1. The van der Waals surface area contributed by atoms with E-state index in [1.54, 1.807) is 7.11 Å². The first-order chi connectivity index (χ1) is 16.7. The van der Waals surface area contributed by atoms with Crippen molar-refractivity contribution in [3.05, 3.63) is 90.0 Å². The molecule has 34 heavy (non-hydrogen) atoms. The molecule has 0 amide bonds. The third kappa shape index (κ3) is 4.59. The van der Waals surface area contributed by atoms with Crippen molar-refractivity contribution in [2.45, 2.75) is 19.6 Å². The maximum atomic E-state index is 5.79. The number of rotatable bonds is 10. The molecule has 0 aliphatic carbocycles. The second kappa shape index (κ2) is 9.94. The minimum absolute atomic E-state index is 0.512. The van der Waals surface area contributed by atoms with Gasteiger partial charge in [0, 0.05) is 37.0 Å². The van der Waals surface area contributed by atoms with E-state index in [2.05, 4.69) is 50.1 Å². The standard InChI is InChI=1S/C26H28N6O2/c1-33-10-11-34-22-8-9-31-21(16-29-26(31)13-22)15-28-24-6-3-7-25-23(24)17-30-32(25)18-20-5-2-4-19(12-20)14-27/h2-9,12-13,16-17,28H,10-11,14-15,18,27H2,1H3. The summed E-state index contributed by atoms with van der Waals surface area (Å²) in [5.74, 6) is 0.781. The number of methoxy groups -OCH3 is 1. The summed E-state index contributed by atoms with van der Waals surface area (Å²) >= 11 is 0. The third-order valence-corrected chi connectivity index (χ3v) is 5.82. The highest BCUT2D eigenvalue weighted by Gasteiger charge is 2.10. The number of imidazole rings is 1. The zero-order valence-corrected chi connectivity index (χ0v) is 19.1. The SMILES string of the molecule is COCCOc1ccn2c(CNc3cccc4c3cnn4Cc3cccc(CN)c3)cnc2c1. The predicted molar refractivity (Wildman–Crippen MR) is 133 cm³/mol. The van der Waals surface area contributed by atoms with Crippen molar-refractivity contribution in [2.75, 3.05) is 25.6 Å². The summed E-state index contributed by atoms with van der Waals surface area (Å²) in [6.07, 6.45) is 5.79. The maximum Gasteiger partial charge on any atom is 0.140 e. The number of nitrogens with zero attached hydrogens (tertiary/aromatic N) is 4. The van der Waals surface area contributed by atoms with Crippen LogP contribution in [0.3, 0.4) is 0 Å². The number of hydrogen-bond donors (Lipinski definition) is 2. The zero-order chi connectivity index (χ0) is 23.3. The van der Waals surface area contributed by atoms with Crippen molar-refractivity contribution < 1.29 is 9.47 Å². The molecule has 174 valence electrons. The Morgan fingerprint density at radius 2 is 1.88 bits per heavy atom. The molecular weight excluding hydrogens is 428 g/mol. The number of ether oxygens (including phenoxy) is 2. The van der Waals surface area contributed by atoms with E-state index in [9.17, 15) is 0 Å². The van der Waals surface area contributed by atoms with Gasteiger partial charge in [0.2, 0.25) is 0 Å². The molecule has 0 saturated heterocycles. The Morgan fingerprint density at radius 1 is 1.00 bits per heavy atom. The number of aromatic nitrogens is 4. The van der Waals surface area contributed by atoms with Crippen LogP contribution in [0.5, 0.6) is 5.75 Å². The van der Waals surface area contributed by atoms with Crippen molar-refractivity contribution in [2.24, 2.45) is 5.73 Å². The lowest BCUT2D eigenvalue weighted by Gasteiger charge is -2.10. The molecule has 0 bridgehead atoms. The van der Waals surface area contributed by atoms with Gasteiger partial charge in [0.25, 0.3) is 0 Å². The van der Waals surface area contributed by atoms with E-state index in [1.807, 2.05) is 47.5 Å². The van der Waals surface area contributed by atoms with Crippen LogP contribution in [0.15, 0.2) is 73.2 Å². The van der Waals surface area contributed by atoms with Crippen LogP contribution in [-0.4, -0.2) is 39.5 Å². The van der Waals surface area contributed by atoms with Gasteiger partial charge < -0.3 is 24.9 Å². The molecule has 0 aliphatic rings. The van der Waals surface area contributed by atoms with Crippen LogP contribution >= 0.6 is 0 Å². The Hall–Kier alpha value is -3.88. The number of benzene rings is 2. The van der Waals surface area contributed by atoms with Crippen molar-refractivity contribution in [1.29, 1.82) is 0 Å². The van der Waals surface area contributed by atoms with Crippen molar-refractivity contribution >= 4 is 22.2 Å². The Bertz CT molecular complexity index is 1410. The van der Waals surface area contributed by atoms with Gasteiger partial charge in [-0.3, -0.25) is 4.68 Å². The van der Waals surface area contributed by atoms with E-state index in [-0.39, 0.29) is 0 Å². The minimum Gasteiger partial charge on any atom is -0.491 e. The predicted octanol–water partition coefficient (Wildman–Crippen LogP) is 3.83. The summed E-state index contributed by atoms with van der Waals surface area (Å²) < 4.78 is 14.8. The van der Waals surface area contributed by atoms with Gasteiger partial charge in [-0.2, -0.15) is 5.10 Å². The quantitative estimate of drug-likeness (QED) is 0.310. The fraction of sp³-hybridized carbons (Fsp3) is 0.231. The Balaban J connectivity index is 1.32. The van der Waals surface area contributed by atoms with Gasteiger partial charge in [-0.15, -0.1) is 0 Å². The second-order valence-corrected chi connectivity index (χ2v) is 8.10. The summed E-state index contributed by atoms with van der Waals surface area (Å²) in [6, 6.07) is 18.4. The molecule has 8 heteroatoms. The van der Waals surface area contributed by atoms with Crippen LogP contribution in [0, 0.1) is 0 Å². The van der Waals surface area contributed by atoms with E-state index in [0.29, 0.717) is 32.8 Å². The van der Waals surface area contributed by atoms with Gasteiger partial charge in [-0.05, 0) is 29.3 Å². The van der Waals surface area contributed by atoms with Gasteiger partial charge in [-0.25, -0.2) is 4.98 Å². The molecule has 0 spiro atoms. The van der Waals surface area contributed by atoms with Gasteiger partial charge >= 0.3 is 0 Å². The Labute approximate surface area is 197 Å². The number of pyridine rings is 1. The molecule has 8 nitrogen and oxygen atoms in total. The summed E-state index contributed by atoms with van der Waals surface area (Å²) in [5.41, 5.74) is 12.1. The van der Waals surface area contributed by atoms with E-state index in [4.69, 9.17) is 15.2 Å². The molecule has 0 atom stereocenters. The van der Waals surface area contributed by atoms with Crippen LogP contribution in [-0.2, 0) is 24.4 Å². The topological polar surface area (TPSA) is 91.6 Å². The highest BCUT2D eigenvalue weighted by molar-refractivity contribution is 5.91. The Morgan fingerprint density at radius 3 is 2.76 bits per heavy atom. The largest absolute Gasteiger partial charge is 0.491 e. The average Bonchev–Trinajstić information content (AvgIpc) is 3.47. The summed E-state index contributed by atoms with van der Waals surface area (Å²) in [7, 11) is 1.66. The number of nitrogens with one attached hydrogen (secondary N) is 1. The first-order valence-corrected chi connectivity index (χ1v) is 11.3. The summed E-state index contributed by atoms with van der Waals surface area (Å²) in [5, 5.41) is 9.29. The lowest BCUT2D eigenvalue weighted by atomic mass is 10.1. The van der Waals surface area contributed by atoms with Crippen LogP contribution in [0.4, 0.5) is 5.69 Å². The van der Waals surface area contributed by atoms with E-state index in [0.717, 1.165) is 39.2 Å². The van der Waals surface area contributed by atoms with Gasteiger partial charge in [0.15, 0.2) is 0 Å². The van der Waals surface area contributed by atoms with E-state index < -0.39 is 0 Å². The Kier molecular flexibility index (Phi) is 6.42. The van der Waals surface area contributed by atoms with Crippen molar-refractivity contribution in [3.63, 3.8) is 0 Å². The lowest BCUT2D eigenvalue weighted by molar-refractivity contribution is 0.146. The molecule has 5 aromatic rings. The van der Waals surface area contributed by atoms with Crippen molar-refractivity contribution in [3.8, 4) is 5.75 Å². The van der Waals surface area contributed by atoms with Crippen LogP contribution < -0.4 is 15.8 Å². The fourth-order valence-corrected chi connectivity index (χ4v) is 4.08. The molecule has 0 saturated carbocycles. The molecule has 3 N–H and O–H groups in total. The average molecular weight is 457 g/mol. The number of anilines is 1. The molecular formula is C26H28N6O2. The van der Waals surface area contributed by atoms with Crippen LogP contribution in [0.1, 0.15) is 16.8 Å². The minimum atomic E-state index is 0.512. The maximum absolute atomic E-state index is 5.79. The van der Waals surface area contributed by atoms with Crippen LogP contribution in [0.25, 0.3) is 16.6 Å². The molecule has 2 aromatic carbocycles. The molecule has 0 fully saturated rings. The number of hydrogen-bond acceptors (Lipinski definition) is 6. The first kappa shape index (κ1) is 21.9. The highest BCUT2D eigenvalue weighted by Crippen LogP contribution is 2.25.